The molecule has 2 heteroatoms. The van der Waals surface area contributed by atoms with Gasteiger partial charge in [0.15, 0.2) is 0 Å². The maximum absolute atomic E-state index is 2.38. The molecule has 2 rings (SSSR count). The summed E-state index contributed by atoms with van der Waals surface area (Å²) in [6.45, 7) is 0. The van der Waals surface area contributed by atoms with Crippen molar-refractivity contribution in [2.24, 2.45) is 0 Å². The second kappa shape index (κ2) is 2.37. The molecule has 0 bridgehead atoms. The summed E-state index contributed by atoms with van der Waals surface area (Å²) in [6.07, 6.45) is 0. The topological polar surface area (TPSA) is 0 Å². The van der Waals surface area contributed by atoms with E-state index in [4.69, 9.17) is 0 Å². The fraction of sp³-hybridized carbons (Fsp3) is 0. The highest BCUT2D eigenvalue weighted by molar-refractivity contribution is 7.74. The molecule has 0 aromatic heterocycles. The Morgan fingerprint density at radius 1 is 1.00 bits per heavy atom. The van der Waals surface area contributed by atoms with Gasteiger partial charge in [-0.05, 0) is 0 Å². The zero-order valence-electron chi connectivity index (χ0n) is 4.89. The molecule has 0 saturated heterocycles. The molecule has 0 amide bonds. The van der Waals surface area contributed by atoms with Crippen LogP contribution in [0.5, 0.6) is 0 Å². The molecule has 0 radical (unpaired) electrons. The van der Waals surface area contributed by atoms with E-state index in [1.54, 1.807) is 10.6 Å². The van der Waals surface area contributed by atoms with Crippen LogP contribution >= 0.6 is 17.2 Å². The summed E-state index contributed by atoms with van der Waals surface area (Å²) in [5.41, 5.74) is 0. The number of hydrogen-bond donors (Lipinski definition) is 0. The van der Waals surface area contributed by atoms with Crippen molar-refractivity contribution in [3.05, 3.63) is 30.2 Å². The quantitative estimate of drug-likeness (QED) is 0.390. The Hall–Kier alpha value is 0.0800. The maximum Gasteiger partial charge on any atom is -0.0529 e. The van der Waals surface area contributed by atoms with Crippen molar-refractivity contribution in [2.45, 2.75) is 0 Å². The normalized spacial score (nSPS) is 20.9. The predicted molar refractivity (Wildman–Crippen MR) is 46.6 cm³/mol. The molecule has 1 aromatic carbocycles. The molecule has 0 aliphatic carbocycles. The highest BCUT2D eigenvalue weighted by Crippen LogP contribution is 2.35. The van der Waals surface area contributed by atoms with Crippen molar-refractivity contribution in [1.82, 2.24) is 0 Å². The first kappa shape index (κ1) is 5.83. The van der Waals surface area contributed by atoms with E-state index in [1.165, 1.54) is 0 Å². The first-order valence-corrected chi connectivity index (χ1v) is 5.06. The number of benzene rings is 1. The molecule has 1 aromatic rings. The minimum absolute atomic E-state index is 0.967. The molecule has 0 nitrogen and oxygen atoms in total. The Bertz CT molecular complexity index is 197. The van der Waals surface area contributed by atoms with Crippen molar-refractivity contribution >= 4 is 27.8 Å². The molecule has 0 fully saturated rings. The van der Waals surface area contributed by atoms with Gasteiger partial charge in [0.25, 0.3) is 0 Å². The van der Waals surface area contributed by atoms with Crippen molar-refractivity contribution < 1.29 is 0 Å². The Kier molecular flexibility index (Phi) is 1.53. The van der Waals surface area contributed by atoms with Gasteiger partial charge in [0.2, 0.25) is 0 Å². The molecule has 0 spiro atoms. The lowest BCUT2D eigenvalue weighted by atomic mass is 10.4. The van der Waals surface area contributed by atoms with Gasteiger partial charge in [-0.3, -0.25) is 5.90 Å². The molecule has 1 aliphatic heterocycles. The van der Waals surface area contributed by atoms with Gasteiger partial charge in [0.05, 0.1) is 0 Å². The third-order valence-corrected chi connectivity index (χ3v) is 4.28. The summed E-state index contributed by atoms with van der Waals surface area (Å²) < 4.78 is 0. The number of hydrogen-bond acceptors (Lipinski definition) is 0. The van der Waals surface area contributed by atoms with Crippen LogP contribution in [-0.4, -0.2) is 0 Å². The van der Waals surface area contributed by atoms with Gasteiger partial charge in [-0.2, -0.15) is 0 Å². The standard InChI is InChI=1S/C7H7P2/c1-2-4-7-6(3-1)8-5-9-7/h1-5,8-9H/q-1. The third kappa shape index (κ3) is 1.02. The average molecular weight is 153 g/mol. The van der Waals surface area contributed by atoms with Gasteiger partial charge in [-0.1, -0.05) is 34.9 Å². The third-order valence-electron chi connectivity index (χ3n) is 1.38. The van der Waals surface area contributed by atoms with E-state index in [0.29, 0.717) is 0 Å². The fourth-order valence-electron chi connectivity index (χ4n) is 0.926. The van der Waals surface area contributed by atoms with Crippen LogP contribution in [0.3, 0.4) is 0 Å². The van der Waals surface area contributed by atoms with E-state index >= 15 is 0 Å². The number of rotatable bonds is 0. The molecule has 0 saturated carbocycles. The van der Waals surface area contributed by atoms with Crippen LogP contribution in [-0.2, 0) is 0 Å². The second-order valence-corrected chi connectivity index (χ2v) is 4.79. The molecule has 2 unspecified atom stereocenters. The van der Waals surface area contributed by atoms with Crippen molar-refractivity contribution in [2.75, 3.05) is 0 Å². The molecular weight excluding hydrogens is 146 g/mol. The van der Waals surface area contributed by atoms with Crippen LogP contribution in [0.25, 0.3) is 0 Å². The average Bonchev–Trinajstić information content (AvgIpc) is 2.33. The van der Waals surface area contributed by atoms with E-state index in [0.717, 1.165) is 17.2 Å². The Morgan fingerprint density at radius 3 is 2.11 bits per heavy atom. The lowest BCUT2D eigenvalue weighted by molar-refractivity contribution is 1.84. The van der Waals surface area contributed by atoms with Crippen LogP contribution in [0, 0.1) is 5.90 Å². The summed E-state index contributed by atoms with van der Waals surface area (Å²) in [5, 5.41) is 3.10. The van der Waals surface area contributed by atoms with Gasteiger partial charge < -0.3 is 0 Å². The van der Waals surface area contributed by atoms with E-state index in [2.05, 4.69) is 30.2 Å². The monoisotopic (exact) mass is 153 g/mol. The molecule has 1 aliphatic rings. The maximum atomic E-state index is 2.38. The molecule has 2 atom stereocenters. The molecule has 46 valence electrons. The van der Waals surface area contributed by atoms with Crippen LogP contribution in [0.2, 0.25) is 0 Å². The lowest BCUT2D eigenvalue weighted by Crippen LogP contribution is -2.08. The molecular formula is C7H7P2-. The smallest absolute Gasteiger partial charge is 0.0529 e. The highest BCUT2D eigenvalue weighted by Gasteiger charge is 1.97. The van der Waals surface area contributed by atoms with E-state index in [9.17, 15) is 0 Å². The van der Waals surface area contributed by atoms with Gasteiger partial charge in [0.1, 0.15) is 0 Å². The van der Waals surface area contributed by atoms with Gasteiger partial charge in [-0.25, -0.2) is 17.2 Å². The van der Waals surface area contributed by atoms with Crippen molar-refractivity contribution in [3.8, 4) is 0 Å². The number of fused-ring (bicyclic) bond motifs is 1. The first-order chi connectivity index (χ1) is 4.47. The van der Waals surface area contributed by atoms with Crippen LogP contribution in [0.15, 0.2) is 24.3 Å². The zero-order valence-corrected chi connectivity index (χ0v) is 6.89. The van der Waals surface area contributed by atoms with Crippen molar-refractivity contribution in [3.63, 3.8) is 0 Å². The SMILES string of the molecule is c1ccc2c(c1)P[CH-]P2. The molecule has 1 heterocycles. The Balaban J connectivity index is 2.54. The van der Waals surface area contributed by atoms with Crippen LogP contribution in [0.4, 0.5) is 0 Å². The Morgan fingerprint density at radius 2 is 1.56 bits per heavy atom. The summed E-state index contributed by atoms with van der Waals surface area (Å²) in [4.78, 5) is 0. The van der Waals surface area contributed by atoms with Crippen LogP contribution in [0.1, 0.15) is 0 Å². The summed E-state index contributed by atoms with van der Waals surface area (Å²) in [6, 6.07) is 8.69. The second-order valence-electron chi connectivity index (χ2n) is 1.98. The molecule has 9 heavy (non-hydrogen) atoms. The van der Waals surface area contributed by atoms with Gasteiger partial charge in [0, 0.05) is 0 Å². The van der Waals surface area contributed by atoms with E-state index in [-0.39, 0.29) is 0 Å². The van der Waals surface area contributed by atoms with Gasteiger partial charge in [-0.15, -0.1) is 0 Å². The van der Waals surface area contributed by atoms with E-state index in [1.807, 2.05) is 0 Å². The summed E-state index contributed by atoms with van der Waals surface area (Å²) >= 11 is 0. The fourth-order valence-corrected chi connectivity index (χ4v) is 3.75. The lowest BCUT2D eigenvalue weighted by Gasteiger charge is -1.96. The molecule has 0 N–H and O–H groups in total. The van der Waals surface area contributed by atoms with E-state index < -0.39 is 0 Å². The Labute approximate surface area is 58.6 Å². The minimum atomic E-state index is 0.967. The van der Waals surface area contributed by atoms with Crippen LogP contribution < -0.4 is 10.6 Å². The highest BCUT2D eigenvalue weighted by atomic mass is 31.1. The summed E-state index contributed by atoms with van der Waals surface area (Å²) in [5.74, 6) is 2.38. The van der Waals surface area contributed by atoms with Gasteiger partial charge >= 0.3 is 0 Å². The summed E-state index contributed by atoms with van der Waals surface area (Å²) in [7, 11) is 1.93. The first-order valence-electron chi connectivity index (χ1n) is 2.90. The minimum Gasteiger partial charge on any atom is -0.273 e. The zero-order chi connectivity index (χ0) is 6.10. The predicted octanol–water partition coefficient (Wildman–Crippen LogP) is 1.43. The van der Waals surface area contributed by atoms with Crippen molar-refractivity contribution in [1.29, 1.82) is 0 Å². The largest absolute Gasteiger partial charge is 0.273 e.